The number of nitrogens with one attached hydrogen (secondary N) is 1. The highest BCUT2D eigenvalue weighted by Gasteiger charge is 2.15. The van der Waals surface area contributed by atoms with Gasteiger partial charge in [0.1, 0.15) is 0 Å². The summed E-state index contributed by atoms with van der Waals surface area (Å²) in [7, 11) is 1.61. The SMILES string of the molecule is COc1cc(NCC(N)CC(C)(C)C)ccn1. The van der Waals surface area contributed by atoms with Gasteiger partial charge < -0.3 is 15.8 Å². The number of aromatic nitrogens is 1. The Morgan fingerprint density at radius 2 is 2.18 bits per heavy atom. The number of nitrogens with two attached hydrogens (primary N) is 1. The molecule has 1 rings (SSSR count). The van der Waals surface area contributed by atoms with Crippen LogP contribution in [0.4, 0.5) is 5.69 Å². The summed E-state index contributed by atoms with van der Waals surface area (Å²) >= 11 is 0. The Bertz CT molecular complexity index is 347. The van der Waals surface area contributed by atoms with Crippen LogP contribution in [0.1, 0.15) is 27.2 Å². The largest absolute Gasteiger partial charge is 0.481 e. The smallest absolute Gasteiger partial charge is 0.214 e. The zero-order chi connectivity index (χ0) is 12.9. The second-order valence-electron chi connectivity index (χ2n) is 5.49. The van der Waals surface area contributed by atoms with E-state index in [0.29, 0.717) is 5.88 Å². The van der Waals surface area contributed by atoms with Crippen LogP contribution in [-0.2, 0) is 0 Å². The summed E-state index contributed by atoms with van der Waals surface area (Å²) in [5, 5.41) is 3.30. The molecule has 4 heteroatoms. The van der Waals surface area contributed by atoms with Crippen LogP contribution < -0.4 is 15.8 Å². The molecule has 1 aromatic rings. The highest BCUT2D eigenvalue weighted by atomic mass is 16.5. The number of methoxy groups -OCH3 is 1. The van der Waals surface area contributed by atoms with E-state index in [1.165, 1.54) is 0 Å². The molecule has 0 amide bonds. The van der Waals surface area contributed by atoms with E-state index < -0.39 is 0 Å². The third kappa shape index (κ3) is 5.54. The van der Waals surface area contributed by atoms with Gasteiger partial charge in [0.25, 0.3) is 0 Å². The summed E-state index contributed by atoms with van der Waals surface area (Å²) < 4.78 is 5.06. The third-order valence-electron chi connectivity index (χ3n) is 2.39. The van der Waals surface area contributed by atoms with Gasteiger partial charge in [0.05, 0.1) is 7.11 Å². The first-order chi connectivity index (χ1) is 7.90. The number of nitrogens with zero attached hydrogens (tertiary/aromatic N) is 1. The Labute approximate surface area is 104 Å². The second kappa shape index (κ2) is 5.87. The Morgan fingerprint density at radius 1 is 1.47 bits per heavy atom. The van der Waals surface area contributed by atoms with E-state index in [-0.39, 0.29) is 11.5 Å². The maximum atomic E-state index is 6.07. The summed E-state index contributed by atoms with van der Waals surface area (Å²) in [5.41, 5.74) is 7.32. The van der Waals surface area contributed by atoms with Crippen molar-refractivity contribution in [1.29, 1.82) is 0 Å². The number of anilines is 1. The van der Waals surface area contributed by atoms with Crippen LogP contribution in [0.2, 0.25) is 0 Å². The van der Waals surface area contributed by atoms with Crippen molar-refractivity contribution in [2.75, 3.05) is 19.0 Å². The minimum atomic E-state index is 0.147. The molecule has 0 saturated heterocycles. The number of hydrogen-bond acceptors (Lipinski definition) is 4. The van der Waals surface area contributed by atoms with E-state index in [1.54, 1.807) is 13.3 Å². The molecule has 0 aliphatic heterocycles. The maximum Gasteiger partial charge on any atom is 0.214 e. The summed E-state index contributed by atoms with van der Waals surface area (Å²) in [6.45, 7) is 7.34. The monoisotopic (exact) mass is 237 g/mol. The van der Waals surface area contributed by atoms with Crippen molar-refractivity contribution in [1.82, 2.24) is 4.98 Å². The lowest BCUT2D eigenvalue weighted by molar-refractivity contribution is 0.344. The van der Waals surface area contributed by atoms with Gasteiger partial charge in [0.2, 0.25) is 5.88 Å². The zero-order valence-electron chi connectivity index (χ0n) is 11.2. The summed E-state index contributed by atoms with van der Waals surface area (Å²) in [6, 6.07) is 3.92. The Kier molecular flexibility index (Phi) is 4.75. The van der Waals surface area contributed by atoms with Crippen molar-refractivity contribution in [2.45, 2.75) is 33.2 Å². The molecule has 1 unspecified atom stereocenters. The molecule has 0 fully saturated rings. The van der Waals surface area contributed by atoms with Crippen molar-refractivity contribution in [2.24, 2.45) is 11.1 Å². The van der Waals surface area contributed by atoms with Crippen molar-refractivity contribution in [3.05, 3.63) is 18.3 Å². The van der Waals surface area contributed by atoms with Gasteiger partial charge in [-0.05, 0) is 17.9 Å². The molecule has 0 spiro atoms. The van der Waals surface area contributed by atoms with E-state index in [2.05, 4.69) is 31.1 Å². The molecule has 0 aliphatic carbocycles. The zero-order valence-corrected chi connectivity index (χ0v) is 11.2. The van der Waals surface area contributed by atoms with Crippen LogP contribution in [0.25, 0.3) is 0 Å². The molecule has 96 valence electrons. The van der Waals surface area contributed by atoms with E-state index in [9.17, 15) is 0 Å². The van der Waals surface area contributed by atoms with Gasteiger partial charge in [-0.15, -0.1) is 0 Å². The molecule has 17 heavy (non-hydrogen) atoms. The highest BCUT2D eigenvalue weighted by molar-refractivity contribution is 5.45. The van der Waals surface area contributed by atoms with E-state index >= 15 is 0 Å². The number of pyridine rings is 1. The van der Waals surface area contributed by atoms with Crippen molar-refractivity contribution >= 4 is 5.69 Å². The van der Waals surface area contributed by atoms with Crippen LogP contribution in [0, 0.1) is 5.41 Å². The van der Waals surface area contributed by atoms with Crippen LogP contribution in [-0.4, -0.2) is 24.7 Å². The van der Waals surface area contributed by atoms with E-state index in [0.717, 1.165) is 18.7 Å². The number of ether oxygens (including phenoxy) is 1. The van der Waals surface area contributed by atoms with Gasteiger partial charge in [0.15, 0.2) is 0 Å². The third-order valence-corrected chi connectivity index (χ3v) is 2.39. The number of rotatable bonds is 5. The minimum absolute atomic E-state index is 0.147. The normalized spacial score (nSPS) is 13.2. The first kappa shape index (κ1) is 13.8. The van der Waals surface area contributed by atoms with Crippen LogP contribution in [0.5, 0.6) is 5.88 Å². The molecule has 0 bridgehead atoms. The fraction of sp³-hybridized carbons (Fsp3) is 0.615. The molecule has 1 aromatic heterocycles. The quantitative estimate of drug-likeness (QED) is 0.824. The van der Waals surface area contributed by atoms with Crippen LogP contribution >= 0.6 is 0 Å². The van der Waals surface area contributed by atoms with Crippen LogP contribution in [0.15, 0.2) is 18.3 Å². The van der Waals surface area contributed by atoms with Gasteiger partial charge in [-0.3, -0.25) is 0 Å². The first-order valence-corrected chi connectivity index (χ1v) is 5.90. The predicted octanol–water partition coefficient (Wildman–Crippen LogP) is 2.27. The lowest BCUT2D eigenvalue weighted by atomic mass is 9.88. The second-order valence-corrected chi connectivity index (χ2v) is 5.49. The predicted molar refractivity (Wildman–Crippen MR) is 71.3 cm³/mol. The first-order valence-electron chi connectivity index (χ1n) is 5.90. The molecule has 4 nitrogen and oxygen atoms in total. The minimum Gasteiger partial charge on any atom is -0.481 e. The molecule has 1 atom stereocenters. The molecule has 0 aliphatic rings. The molecule has 3 N–H and O–H groups in total. The lowest BCUT2D eigenvalue weighted by Gasteiger charge is -2.23. The highest BCUT2D eigenvalue weighted by Crippen LogP contribution is 2.20. The van der Waals surface area contributed by atoms with Gasteiger partial charge in [-0.2, -0.15) is 0 Å². The van der Waals surface area contributed by atoms with E-state index in [4.69, 9.17) is 10.5 Å². The van der Waals surface area contributed by atoms with Crippen molar-refractivity contribution in [3.8, 4) is 5.88 Å². The summed E-state index contributed by atoms with van der Waals surface area (Å²) in [5.74, 6) is 0.611. The molecular weight excluding hydrogens is 214 g/mol. The van der Waals surface area contributed by atoms with Crippen molar-refractivity contribution < 1.29 is 4.74 Å². The molecule has 0 aromatic carbocycles. The maximum absolute atomic E-state index is 6.07. The molecule has 0 saturated carbocycles. The summed E-state index contributed by atoms with van der Waals surface area (Å²) in [4.78, 5) is 4.05. The van der Waals surface area contributed by atoms with Gasteiger partial charge in [-0.1, -0.05) is 20.8 Å². The molecule has 1 heterocycles. The Hall–Kier alpha value is -1.29. The molecular formula is C13H23N3O. The van der Waals surface area contributed by atoms with Gasteiger partial charge in [0, 0.05) is 30.5 Å². The number of hydrogen-bond donors (Lipinski definition) is 2. The topological polar surface area (TPSA) is 60.2 Å². The van der Waals surface area contributed by atoms with Crippen LogP contribution in [0.3, 0.4) is 0 Å². The molecule has 0 radical (unpaired) electrons. The standard InChI is InChI=1S/C13H23N3O/c1-13(2,3)8-10(14)9-16-11-5-6-15-12(7-11)17-4/h5-7,10H,8-9,14H2,1-4H3,(H,15,16). The fourth-order valence-electron chi connectivity index (χ4n) is 1.74. The average molecular weight is 237 g/mol. The van der Waals surface area contributed by atoms with Crippen molar-refractivity contribution in [3.63, 3.8) is 0 Å². The van der Waals surface area contributed by atoms with Gasteiger partial charge >= 0.3 is 0 Å². The Balaban J connectivity index is 2.44. The lowest BCUT2D eigenvalue weighted by Crippen LogP contribution is -2.33. The summed E-state index contributed by atoms with van der Waals surface area (Å²) in [6.07, 6.45) is 2.71. The van der Waals surface area contributed by atoms with Gasteiger partial charge in [-0.25, -0.2) is 4.98 Å². The average Bonchev–Trinajstić information content (AvgIpc) is 2.24. The Morgan fingerprint density at radius 3 is 2.76 bits per heavy atom. The van der Waals surface area contributed by atoms with E-state index in [1.807, 2.05) is 12.1 Å². The fourth-order valence-corrected chi connectivity index (χ4v) is 1.74.